The molecule has 1 aliphatic carbocycles. The molecule has 0 radical (unpaired) electrons. The van der Waals surface area contributed by atoms with Gasteiger partial charge in [-0.15, -0.1) is 0 Å². The summed E-state index contributed by atoms with van der Waals surface area (Å²) in [4.78, 5) is 43.5. The summed E-state index contributed by atoms with van der Waals surface area (Å²) in [6, 6.07) is 5.11. The fourth-order valence-electron chi connectivity index (χ4n) is 5.15. The topological polar surface area (TPSA) is 118 Å². The molecule has 2 aliphatic rings. The maximum atomic E-state index is 15.5. The van der Waals surface area contributed by atoms with Gasteiger partial charge < -0.3 is 15.7 Å². The number of halogens is 1. The lowest BCUT2D eigenvalue weighted by Crippen LogP contribution is -2.31. The molecule has 2 atom stereocenters. The van der Waals surface area contributed by atoms with Gasteiger partial charge in [0.1, 0.15) is 5.56 Å². The number of fused-ring (bicyclic) bond motifs is 1. The lowest BCUT2D eigenvalue weighted by molar-refractivity contribution is -0.121. The number of pyridine rings is 3. The Kier molecular flexibility index (Phi) is 5.44. The van der Waals surface area contributed by atoms with Crippen LogP contribution in [0, 0.1) is 24.6 Å². The van der Waals surface area contributed by atoms with E-state index >= 15 is 4.39 Å². The third-order valence-corrected chi connectivity index (χ3v) is 7.01. The van der Waals surface area contributed by atoms with Gasteiger partial charge in [0.25, 0.3) is 5.56 Å². The number of nitrogens with two attached hydrogens (primary N) is 1. The molecule has 3 aromatic heterocycles. The Morgan fingerprint density at radius 2 is 2.09 bits per heavy atom. The van der Waals surface area contributed by atoms with E-state index in [0.29, 0.717) is 23.1 Å². The highest BCUT2D eigenvalue weighted by molar-refractivity contribution is 5.99. The van der Waals surface area contributed by atoms with Gasteiger partial charge in [-0.25, -0.2) is 9.18 Å². The van der Waals surface area contributed by atoms with E-state index in [1.807, 2.05) is 6.07 Å². The van der Waals surface area contributed by atoms with E-state index in [0.717, 1.165) is 29.0 Å². The van der Waals surface area contributed by atoms with Crippen molar-refractivity contribution < 1.29 is 19.1 Å². The Morgan fingerprint density at radius 3 is 2.71 bits per heavy atom. The molecule has 3 N–H and O–H groups in total. The number of carboxylic acid groups (broad SMARTS) is 1. The monoisotopic (exact) mass is 464 g/mol. The van der Waals surface area contributed by atoms with Crippen molar-refractivity contribution in [3.8, 4) is 0 Å². The van der Waals surface area contributed by atoms with Crippen molar-refractivity contribution >= 4 is 23.1 Å². The predicted molar refractivity (Wildman–Crippen MR) is 124 cm³/mol. The average Bonchev–Trinajstić information content (AvgIpc) is 3.61. The van der Waals surface area contributed by atoms with E-state index in [-0.39, 0.29) is 42.1 Å². The molecule has 1 aliphatic heterocycles. The van der Waals surface area contributed by atoms with Crippen molar-refractivity contribution in [2.45, 2.75) is 32.1 Å². The average molecular weight is 464 g/mol. The van der Waals surface area contributed by atoms with Crippen LogP contribution in [0.3, 0.4) is 0 Å². The van der Waals surface area contributed by atoms with Crippen LogP contribution in [-0.2, 0) is 11.2 Å². The van der Waals surface area contributed by atoms with E-state index in [1.165, 1.54) is 11.0 Å². The maximum Gasteiger partial charge on any atom is 0.341 e. The molecule has 1 saturated carbocycles. The van der Waals surface area contributed by atoms with E-state index in [1.54, 1.807) is 25.4 Å². The number of amides is 1. The molecule has 0 spiro atoms. The molecule has 8 nitrogen and oxygen atoms in total. The first-order valence-electron chi connectivity index (χ1n) is 11.3. The molecule has 2 unspecified atom stereocenters. The fraction of sp³-hybridized carbons (Fsp3) is 0.360. The molecule has 9 heteroatoms. The Morgan fingerprint density at radius 1 is 1.32 bits per heavy atom. The van der Waals surface area contributed by atoms with Crippen LogP contribution >= 0.6 is 0 Å². The van der Waals surface area contributed by atoms with Crippen LogP contribution in [0.1, 0.15) is 45.8 Å². The van der Waals surface area contributed by atoms with Crippen molar-refractivity contribution in [3.05, 3.63) is 75.2 Å². The first-order valence-corrected chi connectivity index (χ1v) is 11.3. The van der Waals surface area contributed by atoms with Crippen LogP contribution in [0.15, 0.2) is 41.6 Å². The largest absolute Gasteiger partial charge is 0.477 e. The minimum atomic E-state index is -1.35. The Labute approximate surface area is 194 Å². The zero-order valence-electron chi connectivity index (χ0n) is 18.7. The molecule has 2 fully saturated rings. The minimum Gasteiger partial charge on any atom is -0.477 e. The number of carbonyl (C=O) groups excluding carboxylic acids is 1. The zero-order valence-corrected chi connectivity index (χ0v) is 18.7. The second kappa shape index (κ2) is 8.32. The molecular weight excluding hydrogens is 439 g/mol. The highest BCUT2D eigenvalue weighted by Crippen LogP contribution is 2.44. The van der Waals surface area contributed by atoms with Crippen molar-refractivity contribution in [2.24, 2.45) is 17.6 Å². The molecule has 0 bridgehead atoms. The van der Waals surface area contributed by atoms with Gasteiger partial charge in [-0.3, -0.25) is 19.0 Å². The van der Waals surface area contributed by atoms with Crippen LogP contribution in [0.25, 0.3) is 5.52 Å². The van der Waals surface area contributed by atoms with Gasteiger partial charge in [0.05, 0.1) is 17.4 Å². The highest BCUT2D eigenvalue weighted by Gasteiger charge is 2.42. The van der Waals surface area contributed by atoms with E-state index in [9.17, 15) is 19.5 Å². The summed E-state index contributed by atoms with van der Waals surface area (Å²) in [7, 11) is 0. The zero-order chi connectivity index (χ0) is 24.1. The summed E-state index contributed by atoms with van der Waals surface area (Å²) < 4.78 is 16.6. The standard InChI is InChI=1S/C25H25FN4O4/c1-13-21-17(15-4-5-15)8-19(25(33)34)24(32)30(21)12-20(26)22(13)29-11-16(9-27)18(23(29)31)7-14-3-2-6-28-10-14/h2-3,6,8,10,12,15-16,18H,4-5,7,9,11,27H2,1H3,(H,33,34). The van der Waals surface area contributed by atoms with E-state index in [4.69, 9.17) is 5.73 Å². The van der Waals surface area contributed by atoms with Gasteiger partial charge in [-0.2, -0.15) is 0 Å². The number of nitrogens with zero attached hydrogens (tertiary/aromatic N) is 3. The van der Waals surface area contributed by atoms with Crippen LogP contribution in [0.4, 0.5) is 10.1 Å². The summed E-state index contributed by atoms with van der Waals surface area (Å²) in [5.74, 6) is -2.78. The SMILES string of the molecule is Cc1c(N2CC(CN)C(Cc3cccnc3)C2=O)c(F)cn2c(=O)c(C(=O)O)cc(C3CC3)c12. The number of hydrogen-bond acceptors (Lipinski definition) is 5. The third-order valence-electron chi connectivity index (χ3n) is 7.01. The fourth-order valence-corrected chi connectivity index (χ4v) is 5.15. The van der Waals surface area contributed by atoms with Gasteiger partial charge in [-0.05, 0) is 61.9 Å². The van der Waals surface area contributed by atoms with Crippen LogP contribution in [0.2, 0.25) is 0 Å². The van der Waals surface area contributed by atoms with Crippen LogP contribution in [-0.4, -0.2) is 39.5 Å². The van der Waals surface area contributed by atoms with Crippen molar-refractivity contribution in [1.29, 1.82) is 0 Å². The molecule has 1 amide bonds. The van der Waals surface area contributed by atoms with Gasteiger partial charge >= 0.3 is 5.97 Å². The summed E-state index contributed by atoms with van der Waals surface area (Å²) in [6.07, 6.45) is 6.56. The number of hydrogen-bond donors (Lipinski definition) is 2. The Hall–Kier alpha value is -3.59. The second-order valence-corrected chi connectivity index (χ2v) is 9.18. The lowest BCUT2D eigenvalue weighted by Gasteiger charge is -2.23. The number of aromatic nitrogens is 2. The second-order valence-electron chi connectivity index (χ2n) is 9.18. The summed E-state index contributed by atoms with van der Waals surface area (Å²) >= 11 is 0. The van der Waals surface area contributed by atoms with Gasteiger partial charge in [0, 0.05) is 36.3 Å². The van der Waals surface area contributed by atoms with Crippen molar-refractivity contribution in [2.75, 3.05) is 18.0 Å². The number of aryl methyl sites for hydroxylation is 1. The number of carbonyl (C=O) groups is 2. The Balaban J connectivity index is 1.63. The summed E-state index contributed by atoms with van der Waals surface area (Å²) in [5, 5.41) is 9.48. The first-order chi connectivity index (χ1) is 16.3. The lowest BCUT2D eigenvalue weighted by atomic mass is 9.90. The normalized spacial score (nSPS) is 20.3. The molecule has 1 saturated heterocycles. The van der Waals surface area contributed by atoms with Crippen molar-refractivity contribution in [3.63, 3.8) is 0 Å². The van der Waals surface area contributed by atoms with E-state index < -0.39 is 23.3 Å². The minimum absolute atomic E-state index is 0.107. The van der Waals surface area contributed by atoms with Crippen LogP contribution in [0.5, 0.6) is 0 Å². The smallest absolute Gasteiger partial charge is 0.341 e. The number of carboxylic acids is 1. The Bertz CT molecular complexity index is 1370. The maximum absolute atomic E-state index is 15.5. The number of anilines is 1. The molecular formula is C25H25FN4O4. The number of aromatic carboxylic acids is 1. The van der Waals surface area contributed by atoms with E-state index in [2.05, 4.69) is 4.98 Å². The quantitative estimate of drug-likeness (QED) is 0.579. The highest BCUT2D eigenvalue weighted by atomic mass is 19.1. The summed E-state index contributed by atoms with van der Waals surface area (Å²) in [6.45, 7) is 2.22. The molecule has 0 aromatic carbocycles. The number of rotatable bonds is 6. The summed E-state index contributed by atoms with van der Waals surface area (Å²) in [5.41, 5.74) is 7.47. The third kappa shape index (κ3) is 3.56. The van der Waals surface area contributed by atoms with Crippen LogP contribution < -0.4 is 16.2 Å². The van der Waals surface area contributed by atoms with Gasteiger partial charge in [0.2, 0.25) is 5.91 Å². The molecule has 3 aromatic rings. The predicted octanol–water partition coefficient (Wildman–Crippen LogP) is 2.50. The molecule has 4 heterocycles. The van der Waals surface area contributed by atoms with Gasteiger partial charge in [-0.1, -0.05) is 6.07 Å². The molecule has 176 valence electrons. The van der Waals surface area contributed by atoms with Gasteiger partial charge in [0.15, 0.2) is 5.82 Å². The van der Waals surface area contributed by atoms with Crippen molar-refractivity contribution in [1.82, 2.24) is 9.38 Å². The molecule has 34 heavy (non-hydrogen) atoms. The molecule has 5 rings (SSSR count). The first kappa shape index (κ1) is 22.2.